The highest BCUT2D eigenvalue weighted by atomic mass is 19.1. The Morgan fingerprint density at radius 1 is 1.07 bits per heavy atom. The number of halogens is 1. The van der Waals surface area contributed by atoms with E-state index in [-0.39, 0.29) is 11.7 Å². The van der Waals surface area contributed by atoms with Crippen LogP contribution < -0.4 is 5.32 Å². The Hall–Kier alpha value is -3.54. The maximum atomic E-state index is 13.7. The second-order valence-corrected chi connectivity index (χ2v) is 6.66. The second-order valence-electron chi connectivity index (χ2n) is 6.66. The first-order valence-electron chi connectivity index (χ1n) is 8.98. The lowest BCUT2D eigenvalue weighted by molar-refractivity contribution is 0.0952. The average molecular weight is 374 g/mol. The molecule has 2 aromatic heterocycles. The van der Waals surface area contributed by atoms with Crippen molar-refractivity contribution in [1.29, 1.82) is 0 Å². The normalized spacial score (nSPS) is 11.0. The van der Waals surface area contributed by atoms with Gasteiger partial charge in [-0.3, -0.25) is 4.79 Å². The van der Waals surface area contributed by atoms with E-state index >= 15 is 0 Å². The van der Waals surface area contributed by atoms with E-state index in [9.17, 15) is 9.18 Å². The van der Waals surface area contributed by atoms with Gasteiger partial charge in [0.25, 0.3) is 5.91 Å². The molecule has 2 heterocycles. The van der Waals surface area contributed by atoms with Crippen molar-refractivity contribution < 1.29 is 9.18 Å². The number of nitrogens with one attached hydrogen (secondary N) is 1. The quantitative estimate of drug-likeness (QED) is 0.585. The molecule has 140 valence electrons. The fraction of sp³-hybridized carbons (Fsp3) is 0.136. The van der Waals surface area contributed by atoms with Crippen LogP contribution in [-0.2, 0) is 6.54 Å². The standard InChI is InChI=1S/C22H19FN4O/c1-14-11-19(22(28)24-13-16-7-4-3-5-8-16)20-15(2)26-27(21(20)25-14)18-10-6-9-17(23)12-18/h3-12H,13H2,1-2H3,(H,24,28). The van der Waals surface area contributed by atoms with E-state index in [4.69, 9.17) is 0 Å². The van der Waals surface area contributed by atoms with Crippen molar-refractivity contribution in [3.05, 3.63) is 89.0 Å². The summed E-state index contributed by atoms with van der Waals surface area (Å²) in [6, 6.07) is 17.6. The van der Waals surface area contributed by atoms with Crippen LogP contribution in [0.2, 0.25) is 0 Å². The molecule has 5 nitrogen and oxygen atoms in total. The Labute approximate surface area is 161 Å². The highest BCUT2D eigenvalue weighted by Gasteiger charge is 2.19. The van der Waals surface area contributed by atoms with Gasteiger partial charge in [-0.05, 0) is 43.7 Å². The van der Waals surface area contributed by atoms with Crippen molar-refractivity contribution in [2.24, 2.45) is 0 Å². The first-order valence-corrected chi connectivity index (χ1v) is 8.98. The zero-order valence-electron chi connectivity index (χ0n) is 15.6. The van der Waals surface area contributed by atoms with Crippen LogP contribution in [0.4, 0.5) is 4.39 Å². The topological polar surface area (TPSA) is 59.8 Å². The van der Waals surface area contributed by atoms with Gasteiger partial charge < -0.3 is 5.32 Å². The molecule has 0 aliphatic heterocycles. The Balaban J connectivity index is 1.76. The maximum Gasteiger partial charge on any atom is 0.252 e. The summed E-state index contributed by atoms with van der Waals surface area (Å²) >= 11 is 0. The molecular weight excluding hydrogens is 355 g/mol. The van der Waals surface area contributed by atoms with Crippen LogP contribution in [0.1, 0.15) is 27.3 Å². The fourth-order valence-electron chi connectivity index (χ4n) is 3.25. The van der Waals surface area contributed by atoms with Gasteiger partial charge in [-0.15, -0.1) is 0 Å². The number of benzene rings is 2. The number of rotatable bonds is 4. The number of aromatic nitrogens is 3. The summed E-state index contributed by atoms with van der Waals surface area (Å²) < 4.78 is 15.3. The Morgan fingerprint density at radius 2 is 1.86 bits per heavy atom. The first kappa shape index (κ1) is 17.9. The molecule has 4 rings (SSSR count). The molecule has 0 bridgehead atoms. The number of amides is 1. The van der Waals surface area contributed by atoms with Crippen LogP contribution in [0.25, 0.3) is 16.7 Å². The molecule has 28 heavy (non-hydrogen) atoms. The minimum atomic E-state index is -0.354. The van der Waals surface area contributed by atoms with E-state index in [0.717, 1.165) is 5.56 Å². The number of fused-ring (bicyclic) bond motifs is 1. The highest BCUT2D eigenvalue weighted by Crippen LogP contribution is 2.25. The summed E-state index contributed by atoms with van der Waals surface area (Å²) in [5.41, 5.74) is 3.98. The summed E-state index contributed by atoms with van der Waals surface area (Å²) in [6.07, 6.45) is 0. The van der Waals surface area contributed by atoms with Gasteiger partial charge >= 0.3 is 0 Å². The third kappa shape index (κ3) is 3.36. The molecule has 0 saturated heterocycles. The van der Waals surface area contributed by atoms with E-state index in [1.807, 2.05) is 44.2 Å². The van der Waals surface area contributed by atoms with E-state index in [1.54, 1.807) is 22.9 Å². The lowest BCUT2D eigenvalue weighted by Gasteiger charge is -2.09. The van der Waals surface area contributed by atoms with Crippen molar-refractivity contribution in [3.8, 4) is 5.69 Å². The largest absolute Gasteiger partial charge is 0.348 e. The molecule has 0 atom stereocenters. The number of aryl methyl sites for hydroxylation is 2. The molecule has 4 aromatic rings. The van der Waals surface area contributed by atoms with E-state index in [1.165, 1.54) is 12.1 Å². The summed E-state index contributed by atoms with van der Waals surface area (Å²) in [4.78, 5) is 17.5. The van der Waals surface area contributed by atoms with Gasteiger partial charge in [0.05, 0.1) is 22.3 Å². The first-order chi connectivity index (χ1) is 13.5. The van der Waals surface area contributed by atoms with E-state index < -0.39 is 0 Å². The Bertz CT molecular complexity index is 1170. The molecule has 1 N–H and O–H groups in total. The predicted octanol–water partition coefficient (Wildman–Crippen LogP) is 4.11. The van der Waals surface area contributed by atoms with E-state index in [0.29, 0.717) is 40.2 Å². The minimum Gasteiger partial charge on any atom is -0.348 e. The van der Waals surface area contributed by atoms with Crippen molar-refractivity contribution >= 4 is 16.9 Å². The molecule has 1 amide bonds. The number of hydrogen-bond donors (Lipinski definition) is 1. The van der Waals surface area contributed by atoms with Gasteiger partial charge in [0.2, 0.25) is 0 Å². The van der Waals surface area contributed by atoms with Crippen molar-refractivity contribution in [2.45, 2.75) is 20.4 Å². The van der Waals surface area contributed by atoms with Crippen LogP contribution in [-0.4, -0.2) is 20.7 Å². The molecular formula is C22H19FN4O. The van der Waals surface area contributed by atoms with Crippen LogP contribution >= 0.6 is 0 Å². The van der Waals surface area contributed by atoms with Gasteiger partial charge in [0.1, 0.15) is 5.82 Å². The number of nitrogens with zero attached hydrogens (tertiary/aromatic N) is 3. The molecule has 0 unspecified atom stereocenters. The zero-order valence-corrected chi connectivity index (χ0v) is 15.6. The molecule has 0 spiro atoms. The maximum absolute atomic E-state index is 13.7. The van der Waals surface area contributed by atoms with Crippen LogP contribution in [0, 0.1) is 19.7 Å². The minimum absolute atomic E-state index is 0.193. The highest BCUT2D eigenvalue weighted by molar-refractivity contribution is 6.06. The number of carbonyl (C=O) groups is 1. The smallest absolute Gasteiger partial charge is 0.252 e. The number of pyridine rings is 1. The van der Waals surface area contributed by atoms with Crippen LogP contribution in [0.15, 0.2) is 60.7 Å². The van der Waals surface area contributed by atoms with Crippen molar-refractivity contribution in [3.63, 3.8) is 0 Å². The van der Waals surface area contributed by atoms with Crippen LogP contribution in [0.3, 0.4) is 0 Å². The third-order valence-electron chi connectivity index (χ3n) is 4.53. The summed E-state index contributed by atoms with van der Waals surface area (Å²) in [5.74, 6) is -0.548. The van der Waals surface area contributed by atoms with Gasteiger partial charge in [-0.25, -0.2) is 14.1 Å². The number of carbonyl (C=O) groups excluding carboxylic acids is 1. The third-order valence-corrected chi connectivity index (χ3v) is 4.53. The second kappa shape index (κ2) is 7.23. The molecule has 0 radical (unpaired) electrons. The zero-order chi connectivity index (χ0) is 19.7. The van der Waals surface area contributed by atoms with Crippen molar-refractivity contribution in [1.82, 2.24) is 20.1 Å². The molecule has 0 aliphatic rings. The summed E-state index contributed by atoms with van der Waals surface area (Å²) in [6.45, 7) is 4.08. The fourth-order valence-corrected chi connectivity index (χ4v) is 3.25. The predicted molar refractivity (Wildman–Crippen MR) is 106 cm³/mol. The molecule has 0 fully saturated rings. The van der Waals surface area contributed by atoms with Gasteiger partial charge in [-0.2, -0.15) is 5.10 Å². The molecule has 6 heteroatoms. The van der Waals surface area contributed by atoms with E-state index in [2.05, 4.69) is 15.4 Å². The monoisotopic (exact) mass is 374 g/mol. The van der Waals surface area contributed by atoms with Crippen LogP contribution in [0.5, 0.6) is 0 Å². The average Bonchev–Trinajstić information content (AvgIpc) is 3.02. The van der Waals surface area contributed by atoms with Gasteiger partial charge in [-0.1, -0.05) is 36.4 Å². The molecule has 0 aliphatic carbocycles. The molecule has 0 saturated carbocycles. The summed E-state index contributed by atoms with van der Waals surface area (Å²) in [7, 11) is 0. The Morgan fingerprint density at radius 3 is 2.61 bits per heavy atom. The number of hydrogen-bond acceptors (Lipinski definition) is 3. The Kier molecular flexibility index (Phi) is 4.61. The van der Waals surface area contributed by atoms with Gasteiger partial charge in [0.15, 0.2) is 5.65 Å². The van der Waals surface area contributed by atoms with Crippen molar-refractivity contribution in [2.75, 3.05) is 0 Å². The summed E-state index contributed by atoms with van der Waals surface area (Å²) in [5, 5.41) is 8.13. The lowest BCUT2D eigenvalue weighted by atomic mass is 10.1. The van der Waals surface area contributed by atoms with Gasteiger partial charge in [0, 0.05) is 12.2 Å². The molecule has 2 aromatic carbocycles. The lowest BCUT2D eigenvalue weighted by Crippen LogP contribution is -2.23. The SMILES string of the molecule is Cc1cc(C(=O)NCc2ccccc2)c2c(C)nn(-c3cccc(F)c3)c2n1.